The SMILES string of the molecule is Fc1cc(NCc2cc[nH]c2)ccc1N1CCCC1. The number of aromatic amines is 1. The fourth-order valence-corrected chi connectivity index (χ4v) is 2.50. The Kier molecular flexibility index (Phi) is 3.40. The third kappa shape index (κ3) is 2.72. The molecule has 1 saturated heterocycles. The Hall–Kier alpha value is -1.97. The number of rotatable bonds is 4. The van der Waals surface area contributed by atoms with Gasteiger partial charge >= 0.3 is 0 Å². The number of hydrogen-bond acceptors (Lipinski definition) is 2. The number of halogens is 1. The molecular weight excluding hydrogens is 241 g/mol. The molecule has 1 aromatic carbocycles. The summed E-state index contributed by atoms with van der Waals surface area (Å²) in [5, 5.41) is 3.23. The van der Waals surface area contributed by atoms with E-state index in [1.807, 2.05) is 30.6 Å². The Morgan fingerprint density at radius 3 is 2.74 bits per heavy atom. The molecule has 19 heavy (non-hydrogen) atoms. The number of hydrogen-bond donors (Lipinski definition) is 2. The quantitative estimate of drug-likeness (QED) is 0.882. The van der Waals surface area contributed by atoms with Gasteiger partial charge in [-0.15, -0.1) is 0 Å². The summed E-state index contributed by atoms with van der Waals surface area (Å²) in [7, 11) is 0. The molecule has 0 aliphatic carbocycles. The molecule has 3 rings (SSSR count). The van der Waals surface area contributed by atoms with Gasteiger partial charge in [0.15, 0.2) is 0 Å². The second-order valence-electron chi connectivity index (χ2n) is 4.93. The van der Waals surface area contributed by atoms with Gasteiger partial charge in [0.25, 0.3) is 0 Å². The lowest BCUT2D eigenvalue weighted by Crippen LogP contribution is -2.18. The molecule has 1 aromatic heterocycles. The first-order valence-corrected chi connectivity index (χ1v) is 6.73. The highest BCUT2D eigenvalue weighted by Crippen LogP contribution is 2.26. The Morgan fingerprint density at radius 2 is 2.05 bits per heavy atom. The van der Waals surface area contributed by atoms with E-state index in [4.69, 9.17) is 0 Å². The van der Waals surface area contributed by atoms with E-state index < -0.39 is 0 Å². The third-order valence-corrected chi connectivity index (χ3v) is 3.55. The van der Waals surface area contributed by atoms with Gasteiger partial charge in [0, 0.05) is 37.7 Å². The molecule has 3 nitrogen and oxygen atoms in total. The smallest absolute Gasteiger partial charge is 0.148 e. The van der Waals surface area contributed by atoms with Crippen molar-refractivity contribution in [1.29, 1.82) is 0 Å². The highest BCUT2D eigenvalue weighted by atomic mass is 19.1. The van der Waals surface area contributed by atoms with Gasteiger partial charge in [0.1, 0.15) is 5.82 Å². The molecular formula is C15H18FN3. The van der Waals surface area contributed by atoms with E-state index in [1.165, 1.54) is 0 Å². The molecule has 1 aliphatic heterocycles. The predicted octanol–water partition coefficient (Wildman–Crippen LogP) is 3.37. The van der Waals surface area contributed by atoms with Crippen LogP contribution in [0.3, 0.4) is 0 Å². The van der Waals surface area contributed by atoms with Crippen molar-refractivity contribution in [2.45, 2.75) is 19.4 Å². The highest BCUT2D eigenvalue weighted by Gasteiger charge is 2.15. The van der Waals surface area contributed by atoms with E-state index in [0.717, 1.165) is 42.9 Å². The topological polar surface area (TPSA) is 31.1 Å². The highest BCUT2D eigenvalue weighted by molar-refractivity contribution is 5.56. The van der Waals surface area contributed by atoms with Gasteiger partial charge in [0.05, 0.1) is 5.69 Å². The van der Waals surface area contributed by atoms with Crippen molar-refractivity contribution >= 4 is 11.4 Å². The Morgan fingerprint density at radius 1 is 1.21 bits per heavy atom. The molecule has 2 N–H and O–H groups in total. The number of aromatic nitrogens is 1. The Labute approximate surface area is 112 Å². The molecule has 0 amide bonds. The van der Waals surface area contributed by atoms with Gasteiger partial charge in [0.2, 0.25) is 0 Å². The Bertz CT molecular complexity index is 530. The summed E-state index contributed by atoms with van der Waals surface area (Å²) >= 11 is 0. The molecule has 100 valence electrons. The predicted molar refractivity (Wildman–Crippen MR) is 76.0 cm³/mol. The summed E-state index contributed by atoms with van der Waals surface area (Å²) in [5.41, 5.74) is 2.70. The average Bonchev–Trinajstić information content (AvgIpc) is 3.10. The number of nitrogens with zero attached hydrogens (tertiary/aromatic N) is 1. The van der Waals surface area contributed by atoms with Gasteiger partial charge in [-0.1, -0.05) is 0 Å². The monoisotopic (exact) mass is 259 g/mol. The molecule has 0 radical (unpaired) electrons. The van der Waals surface area contributed by atoms with Crippen LogP contribution in [0.5, 0.6) is 0 Å². The van der Waals surface area contributed by atoms with Gasteiger partial charge in [-0.2, -0.15) is 0 Å². The van der Waals surface area contributed by atoms with Crippen LogP contribution in [0.2, 0.25) is 0 Å². The van der Waals surface area contributed by atoms with E-state index in [2.05, 4.69) is 15.2 Å². The summed E-state index contributed by atoms with van der Waals surface area (Å²) in [6.45, 7) is 2.63. The zero-order valence-electron chi connectivity index (χ0n) is 10.8. The van der Waals surface area contributed by atoms with Crippen molar-refractivity contribution in [2.75, 3.05) is 23.3 Å². The van der Waals surface area contributed by atoms with Crippen molar-refractivity contribution in [2.24, 2.45) is 0 Å². The lowest BCUT2D eigenvalue weighted by molar-refractivity contribution is 0.623. The minimum atomic E-state index is -0.138. The fraction of sp³-hybridized carbons (Fsp3) is 0.333. The standard InChI is InChI=1S/C15H18FN3/c16-14-9-13(18-11-12-5-6-17-10-12)3-4-15(14)19-7-1-2-8-19/h3-6,9-10,17-18H,1-2,7-8,11H2. The van der Waals surface area contributed by atoms with Gasteiger partial charge in [-0.05, 0) is 42.7 Å². The first-order chi connectivity index (χ1) is 9.33. The van der Waals surface area contributed by atoms with Gasteiger partial charge in [-0.3, -0.25) is 0 Å². The summed E-state index contributed by atoms with van der Waals surface area (Å²) < 4.78 is 14.1. The lowest BCUT2D eigenvalue weighted by atomic mass is 10.2. The molecule has 0 spiro atoms. The molecule has 1 fully saturated rings. The number of benzene rings is 1. The molecule has 1 aliphatic rings. The average molecular weight is 259 g/mol. The van der Waals surface area contributed by atoms with Gasteiger partial charge in [-0.25, -0.2) is 4.39 Å². The van der Waals surface area contributed by atoms with E-state index in [0.29, 0.717) is 6.54 Å². The van der Waals surface area contributed by atoms with Crippen molar-refractivity contribution in [1.82, 2.24) is 4.98 Å². The van der Waals surface area contributed by atoms with Crippen LogP contribution in [0.15, 0.2) is 36.7 Å². The molecule has 0 atom stereocenters. The van der Waals surface area contributed by atoms with Crippen LogP contribution in [0.25, 0.3) is 0 Å². The third-order valence-electron chi connectivity index (χ3n) is 3.55. The van der Waals surface area contributed by atoms with Crippen LogP contribution in [0.4, 0.5) is 15.8 Å². The van der Waals surface area contributed by atoms with E-state index in [9.17, 15) is 4.39 Å². The lowest BCUT2D eigenvalue weighted by Gasteiger charge is -2.19. The maximum Gasteiger partial charge on any atom is 0.148 e. The molecule has 2 heterocycles. The molecule has 0 bridgehead atoms. The minimum Gasteiger partial charge on any atom is -0.381 e. The second kappa shape index (κ2) is 5.34. The van der Waals surface area contributed by atoms with Crippen LogP contribution < -0.4 is 10.2 Å². The van der Waals surface area contributed by atoms with Crippen LogP contribution in [-0.2, 0) is 6.54 Å². The maximum atomic E-state index is 14.1. The number of anilines is 2. The fourth-order valence-electron chi connectivity index (χ4n) is 2.50. The van der Waals surface area contributed by atoms with E-state index in [-0.39, 0.29) is 5.82 Å². The summed E-state index contributed by atoms with van der Waals surface area (Å²) in [4.78, 5) is 5.12. The Balaban J connectivity index is 1.68. The zero-order valence-corrected chi connectivity index (χ0v) is 10.8. The van der Waals surface area contributed by atoms with Crippen LogP contribution >= 0.6 is 0 Å². The van der Waals surface area contributed by atoms with Crippen LogP contribution in [0.1, 0.15) is 18.4 Å². The number of nitrogens with one attached hydrogen (secondary N) is 2. The summed E-state index contributed by atoms with van der Waals surface area (Å²) in [6, 6.07) is 7.41. The summed E-state index contributed by atoms with van der Waals surface area (Å²) in [5.74, 6) is -0.138. The van der Waals surface area contributed by atoms with Crippen molar-refractivity contribution in [3.8, 4) is 0 Å². The van der Waals surface area contributed by atoms with E-state index >= 15 is 0 Å². The first-order valence-electron chi connectivity index (χ1n) is 6.73. The van der Waals surface area contributed by atoms with Crippen LogP contribution in [0, 0.1) is 5.82 Å². The molecule has 4 heteroatoms. The maximum absolute atomic E-state index is 14.1. The number of H-pyrrole nitrogens is 1. The largest absolute Gasteiger partial charge is 0.381 e. The van der Waals surface area contributed by atoms with Gasteiger partial charge < -0.3 is 15.2 Å². The van der Waals surface area contributed by atoms with E-state index in [1.54, 1.807) is 6.07 Å². The van der Waals surface area contributed by atoms with Crippen LogP contribution in [-0.4, -0.2) is 18.1 Å². The molecule has 2 aromatic rings. The molecule has 0 unspecified atom stereocenters. The second-order valence-corrected chi connectivity index (χ2v) is 4.93. The minimum absolute atomic E-state index is 0.138. The first kappa shape index (κ1) is 12.1. The zero-order chi connectivity index (χ0) is 13.1. The normalized spacial score (nSPS) is 14.9. The van der Waals surface area contributed by atoms with Crippen molar-refractivity contribution in [3.05, 3.63) is 48.0 Å². The summed E-state index contributed by atoms with van der Waals surface area (Å²) in [6.07, 6.45) is 6.13. The van der Waals surface area contributed by atoms with Crippen molar-refractivity contribution < 1.29 is 4.39 Å². The molecule has 0 saturated carbocycles. The van der Waals surface area contributed by atoms with Crippen molar-refractivity contribution in [3.63, 3.8) is 0 Å².